The number of hydrogen-bond acceptors (Lipinski definition) is 4. The minimum atomic E-state index is -0.125. The monoisotopic (exact) mass is 378 g/mol. The maximum Gasteiger partial charge on any atom is 0.277 e. The van der Waals surface area contributed by atoms with Crippen LogP contribution in [0.4, 0.5) is 17.3 Å². The third-order valence-corrected chi connectivity index (χ3v) is 5.14. The Balaban J connectivity index is 1.60. The normalized spacial score (nSPS) is 15.5. The SMILES string of the molecule is Cc1ccc(Nc2nccc(C(=O)N3c4ccccc4CC3C)n2)cc1Cl. The lowest BCUT2D eigenvalue weighted by Gasteiger charge is -2.22. The van der Waals surface area contributed by atoms with Gasteiger partial charge in [0.25, 0.3) is 5.91 Å². The number of carbonyl (C=O) groups excluding carboxylic acids is 1. The van der Waals surface area contributed by atoms with Gasteiger partial charge in [-0.1, -0.05) is 35.9 Å². The summed E-state index contributed by atoms with van der Waals surface area (Å²) in [4.78, 5) is 23.6. The molecule has 3 aromatic rings. The molecule has 0 aliphatic carbocycles. The molecule has 2 heterocycles. The van der Waals surface area contributed by atoms with Gasteiger partial charge in [0.1, 0.15) is 5.69 Å². The summed E-state index contributed by atoms with van der Waals surface area (Å²) in [7, 11) is 0. The number of amides is 1. The van der Waals surface area contributed by atoms with Crippen molar-refractivity contribution in [3.8, 4) is 0 Å². The number of anilines is 3. The lowest BCUT2D eigenvalue weighted by molar-refractivity contribution is 0.0976. The predicted molar refractivity (Wildman–Crippen MR) is 108 cm³/mol. The van der Waals surface area contributed by atoms with E-state index in [0.717, 1.165) is 23.4 Å². The van der Waals surface area contributed by atoms with Crippen molar-refractivity contribution in [1.82, 2.24) is 9.97 Å². The Labute approximate surface area is 163 Å². The first-order valence-corrected chi connectivity index (χ1v) is 9.18. The number of fused-ring (bicyclic) bond motifs is 1. The van der Waals surface area contributed by atoms with Crippen LogP contribution in [0, 0.1) is 6.92 Å². The van der Waals surface area contributed by atoms with Crippen LogP contribution in [0.5, 0.6) is 0 Å². The predicted octanol–water partition coefficient (Wildman–Crippen LogP) is 4.77. The van der Waals surface area contributed by atoms with Crippen LogP contribution in [0.15, 0.2) is 54.7 Å². The number of nitrogens with zero attached hydrogens (tertiary/aromatic N) is 3. The second-order valence-electron chi connectivity index (χ2n) is 6.71. The first-order valence-electron chi connectivity index (χ1n) is 8.80. The Morgan fingerprint density at radius 2 is 2.04 bits per heavy atom. The molecule has 1 aromatic heterocycles. The van der Waals surface area contributed by atoms with Crippen LogP contribution in [0.3, 0.4) is 0 Å². The highest BCUT2D eigenvalue weighted by molar-refractivity contribution is 6.31. The highest BCUT2D eigenvalue weighted by Gasteiger charge is 2.31. The van der Waals surface area contributed by atoms with Crippen molar-refractivity contribution < 1.29 is 4.79 Å². The molecule has 1 N–H and O–H groups in total. The zero-order valence-electron chi connectivity index (χ0n) is 15.1. The summed E-state index contributed by atoms with van der Waals surface area (Å²) in [5, 5.41) is 3.77. The number of benzene rings is 2. The van der Waals surface area contributed by atoms with Crippen LogP contribution >= 0.6 is 11.6 Å². The average molecular weight is 379 g/mol. The standard InChI is InChI=1S/C21H19ClN4O/c1-13-7-8-16(12-17(13)22)24-21-23-10-9-18(25-21)20(27)26-14(2)11-15-5-3-4-6-19(15)26/h3-10,12,14H,11H2,1-2H3,(H,23,24,25). The Morgan fingerprint density at radius 3 is 2.85 bits per heavy atom. The van der Waals surface area contributed by atoms with Gasteiger partial charge in [-0.15, -0.1) is 0 Å². The van der Waals surface area contributed by atoms with Gasteiger partial charge in [0, 0.05) is 28.6 Å². The van der Waals surface area contributed by atoms with Gasteiger partial charge in [0.15, 0.2) is 0 Å². The van der Waals surface area contributed by atoms with Crippen LogP contribution in [-0.2, 0) is 6.42 Å². The van der Waals surface area contributed by atoms with E-state index in [2.05, 4.69) is 21.4 Å². The van der Waals surface area contributed by atoms with Gasteiger partial charge in [-0.3, -0.25) is 4.79 Å². The molecule has 0 saturated carbocycles. The van der Waals surface area contributed by atoms with E-state index in [-0.39, 0.29) is 11.9 Å². The number of nitrogens with one attached hydrogen (secondary N) is 1. The minimum Gasteiger partial charge on any atom is -0.324 e. The van der Waals surface area contributed by atoms with Gasteiger partial charge in [-0.05, 0) is 55.7 Å². The first-order chi connectivity index (χ1) is 13.0. The van der Waals surface area contributed by atoms with Gasteiger partial charge >= 0.3 is 0 Å². The molecule has 2 aromatic carbocycles. The van der Waals surface area contributed by atoms with Gasteiger partial charge in [0.05, 0.1) is 0 Å². The fourth-order valence-corrected chi connectivity index (χ4v) is 3.52. The number of hydrogen-bond donors (Lipinski definition) is 1. The number of halogens is 1. The number of aryl methyl sites for hydroxylation is 1. The van der Waals surface area contributed by atoms with Crippen molar-refractivity contribution in [3.63, 3.8) is 0 Å². The maximum absolute atomic E-state index is 13.1. The molecule has 1 aliphatic rings. The Morgan fingerprint density at radius 1 is 1.22 bits per heavy atom. The van der Waals surface area contributed by atoms with Crippen molar-refractivity contribution in [2.75, 3.05) is 10.2 Å². The second-order valence-corrected chi connectivity index (χ2v) is 7.12. The van der Waals surface area contributed by atoms with E-state index in [1.807, 2.05) is 55.1 Å². The van der Waals surface area contributed by atoms with Crippen molar-refractivity contribution in [3.05, 3.63) is 76.6 Å². The summed E-state index contributed by atoms with van der Waals surface area (Å²) in [6, 6.07) is 15.4. The molecular formula is C21H19ClN4O. The van der Waals surface area contributed by atoms with Crippen molar-refractivity contribution in [2.45, 2.75) is 26.3 Å². The highest BCUT2D eigenvalue weighted by Crippen LogP contribution is 2.33. The fraction of sp³-hybridized carbons (Fsp3) is 0.190. The Bertz CT molecular complexity index is 1020. The van der Waals surface area contributed by atoms with E-state index in [4.69, 9.17) is 11.6 Å². The largest absolute Gasteiger partial charge is 0.324 e. The lowest BCUT2D eigenvalue weighted by Crippen LogP contribution is -2.36. The molecule has 0 spiro atoms. The molecule has 0 radical (unpaired) electrons. The molecule has 4 rings (SSSR count). The molecule has 0 saturated heterocycles. The smallest absolute Gasteiger partial charge is 0.277 e. The number of aromatic nitrogens is 2. The molecule has 0 fully saturated rings. The average Bonchev–Trinajstić information content (AvgIpc) is 3.00. The van der Waals surface area contributed by atoms with Crippen LogP contribution in [0.25, 0.3) is 0 Å². The second kappa shape index (κ2) is 7.00. The Kier molecular flexibility index (Phi) is 4.54. The number of rotatable bonds is 3. The quantitative estimate of drug-likeness (QED) is 0.713. The summed E-state index contributed by atoms with van der Waals surface area (Å²) in [6.07, 6.45) is 2.44. The molecule has 1 aliphatic heterocycles. The fourth-order valence-electron chi connectivity index (χ4n) is 3.34. The minimum absolute atomic E-state index is 0.0946. The van der Waals surface area contributed by atoms with Gasteiger partial charge < -0.3 is 10.2 Å². The molecular weight excluding hydrogens is 360 g/mol. The van der Waals surface area contributed by atoms with E-state index in [9.17, 15) is 4.79 Å². The van der Waals surface area contributed by atoms with Crippen LogP contribution in [0.1, 0.15) is 28.5 Å². The van der Waals surface area contributed by atoms with Gasteiger partial charge in [-0.25, -0.2) is 9.97 Å². The number of carbonyl (C=O) groups is 1. The van der Waals surface area contributed by atoms with Crippen molar-refractivity contribution >= 4 is 34.8 Å². The Hall–Kier alpha value is -2.92. The van der Waals surface area contributed by atoms with Crippen LogP contribution in [-0.4, -0.2) is 21.9 Å². The third-order valence-electron chi connectivity index (χ3n) is 4.73. The van der Waals surface area contributed by atoms with Crippen LogP contribution in [0.2, 0.25) is 5.02 Å². The van der Waals surface area contributed by atoms with E-state index in [1.165, 1.54) is 5.56 Å². The summed E-state index contributed by atoms with van der Waals surface area (Å²) in [6.45, 7) is 3.99. The summed E-state index contributed by atoms with van der Waals surface area (Å²) in [5.74, 6) is 0.237. The molecule has 27 heavy (non-hydrogen) atoms. The molecule has 1 unspecified atom stereocenters. The molecule has 5 nitrogen and oxygen atoms in total. The molecule has 136 valence electrons. The number of para-hydroxylation sites is 1. The van der Waals surface area contributed by atoms with E-state index in [1.54, 1.807) is 12.3 Å². The summed E-state index contributed by atoms with van der Waals surface area (Å²) < 4.78 is 0. The van der Waals surface area contributed by atoms with Gasteiger partial charge in [0.2, 0.25) is 5.95 Å². The molecule has 1 amide bonds. The molecule has 0 bridgehead atoms. The van der Waals surface area contributed by atoms with Crippen molar-refractivity contribution in [1.29, 1.82) is 0 Å². The zero-order chi connectivity index (χ0) is 19.0. The van der Waals surface area contributed by atoms with Gasteiger partial charge in [-0.2, -0.15) is 0 Å². The first kappa shape index (κ1) is 17.5. The van der Waals surface area contributed by atoms with E-state index in [0.29, 0.717) is 16.7 Å². The lowest BCUT2D eigenvalue weighted by atomic mass is 10.1. The summed E-state index contributed by atoms with van der Waals surface area (Å²) >= 11 is 6.17. The van der Waals surface area contributed by atoms with E-state index >= 15 is 0 Å². The third kappa shape index (κ3) is 3.38. The maximum atomic E-state index is 13.1. The van der Waals surface area contributed by atoms with E-state index < -0.39 is 0 Å². The van der Waals surface area contributed by atoms with Crippen LogP contribution < -0.4 is 10.2 Å². The van der Waals surface area contributed by atoms with Crippen molar-refractivity contribution in [2.24, 2.45) is 0 Å². The molecule has 1 atom stereocenters. The molecule has 6 heteroatoms. The highest BCUT2D eigenvalue weighted by atomic mass is 35.5. The topological polar surface area (TPSA) is 58.1 Å². The summed E-state index contributed by atoms with van der Waals surface area (Å²) in [5.41, 5.74) is 4.26. The zero-order valence-corrected chi connectivity index (χ0v) is 15.9.